The number of benzene rings is 1. The average Bonchev–Trinajstić information content (AvgIpc) is 2.72. The van der Waals surface area contributed by atoms with Gasteiger partial charge in [0.2, 0.25) is 0 Å². The van der Waals surface area contributed by atoms with E-state index in [0.29, 0.717) is 12.8 Å². The van der Waals surface area contributed by atoms with Crippen molar-refractivity contribution in [3.05, 3.63) is 29.8 Å². The molecule has 17 heavy (non-hydrogen) atoms. The number of esters is 1. The fourth-order valence-electron chi connectivity index (χ4n) is 1.73. The maximum Gasteiger partial charge on any atom is 0.331 e. The van der Waals surface area contributed by atoms with Gasteiger partial charge in [0.05, 0.1) is 0 Å². The van der Waals surface area contributed by atoms with E-state index in [-0.39, 0.29) is 0 Å². The van der Waals surface area contributed by atoms with Crippen LogP contribution in [0.4, 0.5) is 5.69 Å². The van der Waals surface area contributed by atoms with Crippen molar-refractivity contribution >= 4 is 34.9 Å². The summed E-state index contributed by atoms with van der Waals surface area (Å²) in [4.78, 5) is 11.8. The molecule has 1 N–H and O–H groups in total. The van der Waals surface area contributed by atoms with Crippen molar-refractivity contribution in [1.29, 1.82) is 0 Å². The van der Waals surface area contributed by atoms with Gasteiger partial charge in [0.15, 0.2) is 0 Å². The lowest BCUT2D eigenvalue weighted by Crippen LogP contribution is -2.34. The molecule has 92 valence electrons. The number of hydrogen-bond acceptors (Lipinski definition) is 3. The summed E-state index contributed by atoms with van der Waals surface area (Å²) in [5.41, 5.74) is 2.06. The van der Waals surface area contributed by atoms with Crippen molar-refractivity contribution in [2.24, 2.45) is 0 Å². The van der Waals surface area contributed by atoms with Gasteiger partial charge in [0.1, 0.15) is 6.04 Å². The van der Waals surface area contributed by atoms with Gasteiger partial charge >= 0.3 is 5.97 Å². The Morgan fingerprint density at radius 2 is 2.24 bits per heavy atom. The Balaban J connectivity index is 2.01. The van der Waals surface area contributed by atoms with Gasteiger partial charge in [-0.3, -0.25) is 0 Å². The van der Waals surface area contributed by atoms with Crippen LogP contribution in [0.3, 0.4) is 0 Å². The first kappa shape index (κ1) is 12.5. The number of para-hydroxylation sites is 1. The molecule has 0 radical (unpaired) electrons. The molecule has 0 saturated carbocycles. The Hall–Kier alpha value is -0.930. The zero-order valence-electron chi connectivity index (χ0n) is 9.37. The van der Waals surface area contributed by atoms with E-state index >= 15 is 0 Å². The van der Waals surface area contributed by atoms with Gasteiger partial charge in [0.25, 0.3) is 4.52 Å². The van der Waals surface area contributed by atoms with Crippen molar-refractivity contribution < 1.29 is 9.53 Å². The molecular formula is C12H13Cl2NO2. The standard InChI is InChI=1S/C12H13Cl2NO2/c1-2-12(13,14)17-11(16)10-7-8-5-3-4-6-9(8)15-10/h3-6,10,15H,2,7H2,1H3/t10-/m1/s1. The third kappa shape index (κ3) is 2.85. The van der Waals surface area contributed by atoms with Crippen molar-refractivity contribution in [3.8, 4) is 0 Å². The molecule has 0 spiro atoms. The fourth-order valence-corrected chi connectivity index (χ4v) is 1.88. The highest BCUT2D eigenvalue weighted by atomic mass is 35.5. The Morgan fingerprint density at radius 3 is 2.88 bits per heavy atom. The number of carbonyl (C=O) groups is 1. The van der Waals surface area contributed by atoms with Crippen LogP contribution in [0.2, 0.25) is 0 Å². The van der Waals surface area contributed by atoms with Crippen molar-refractivity contribution in [2.45, 2.75) is 30.3 Å². The van der Waals surface area contributed by atoms with Crippen molar-refractivity contribution in [1.82, 2.24) is 0 Å². The third-order valence-corrected chi connectivity index (χ3v) is 3.41. The summed E-state index contributed by atoms with van der Waals surface area (Å²) in [6, 6.07) is 7.35. The third-order valence-electron chi connectivity index (χ3n) is 2.72. The first-order valence-electron chi connectivity index (χ1n) is 5.47. The smallest absolute Gasteiger partial charge is 0.331 e. The minimum atomic E-state index is -1.44. The number of ether oxygens (including phenoxy) is 1. The molecule has 0 aromatic heterocycles. The number of carbonyl (C=O) groups excluding carboxylic acids is 1. The van der Waals surface area contributed by atoms with Crippen LogP contribution in [0.25, 0.3) is 0 Å². The lowest BCUT2D eigenvalue weighted by Gasteiger charge is -2.20. The Morgan fingerprint density at radius 1 is 1.53 bits per heavy atom. The Labute approximate surface area is 110 Å². The van der Waals surface area contributed by atoms with E-state index in [1.54, 1.807) is 6.92 Å². The second-order valence-electron chi connectivity index (χ2n) is 3.97. The molecule has 1 atom stereocenters. The molecule has 3 nitrogen and oxygen atoms in total. The lowest BCUT2D eigenvalue weighted by atomic mass is 10.1. The van der Waals surface area contributed by atoms with E-state index in [0.717, 1.165) is 11.3 Å². The highest BCUT2D eigenvalue weighted by Gasteiger charge is 2.33. The topological polar surface area (TPSA) is 38.3 Å². The maximum atomic E-state index is 11.8. The van der Waals surface area contributed by atoms with Crippen LogP contribution in [0.15, 0.2) is 24.3 Å². The summed E-state index contributed by atoms with van der Waals surface area (Å²) in [6.07, 6.45) is 0.949. The van der Waals surface area contributed by atoms with Gasteiger partial charge in [-0.05, 0) is 11.6 Å². The maximum absolute atomic E-state index is 11.8. The quantitative estimate of drug-likeness (QED) is 0.680. The summed E-state index contributed by atoms with van der Waals surface area (Å²) < 4.78 is 3.59. The number of alkyl halides is 2. The number of fused-ring (bicyclic) bond motifs is 1. The second kappa shape index (κ2) is 4.75. The summed E-state index contributed by atoms with van der Waals surface area (Å²) in [5, 5.41) is 3.09. The summed E-state index contributed by atoms with van der Waals surface area (Å²) in [7, 11) is 0. The summed E-state index contributed by atoms with van der Waals surface area (Å²) in [6.45, 7) is 1.75. The number of hydrogen-bond donors (Lipinski definition) is 1. The number of anilines is 1. The zero-order valence-corrected chi connectivity index (χ0v) is 10.9. The summed E-state index contributed by atoms with van der Waals surface area (Å²) in [5.74, 6) is -0.423. The van der Waals surface area contributed by atoms with E-state index in [1.807, 2.05) is 24.3 Å². The van der Waals surface area contributed by atoms with Gasteiger partial charge < -0.3 is 10.1 Å². The van der Waals surface area contributed by atoms with E-state index in [1.165, 1.54) is 0 Å². The average molecular weight is 274 g/mol. The predicted octanol–water partition coefficient (Wildman–Crippen LogP) is 3.11. The predicted molar refractivity (Wildman–Crippen MR) is 68.4 cm³/mol. The van der Waals surface area contributed by atoms with Crippen molar-refractivity contribution in [3.63, 3.8) is 0 Å². The SMILES string of the molecule is CCC(Cl)(Cl)OC(=O)[C@H]1Cc2ccccc2N1. The molecule has 1 aromatic rings. The number of nitrogens with one attached hydrogen (secondary N) is 1. The van der Waals surface area contributed by atoms with E-state index in [4.69, 9.17) is 27.9 Å². The highest BCUT2D eigenvalue weighted by molar-refractivity contribution is 6.47. The van der Waals surface area contributed by atoms with Crippen molar-refractivity contribution in [2.75, 3.05) is 5.32 Å². The van der Waals surface area contributed by atoms with Crippen LogP contribution < -0.4 is 5.32 Å². The van der Waals surface area contributed by atoms with Crippen LogP contribution in [0.5, 0.6) is 0 Å². The molecule has 0 fully saturated rings. The van der Waals surface area contributed by atoms with Crippen LogP contribution in [0.1, 0.15) is 18.9 Å². The van der Waals surface area contributed by atoms with Gasteiger partial charge in [-0.15, -0.1) is 0 Å². The summed E-state index contributed by atoms with van der Waals surface area (Å²) >= 11 is 11.6. The molecule has 2 rings (SSSR count). The molecule has 1 aromatic carbocycles. The molecule has 0 saturated heterocycles. The van der Waals surface area contributed by atoms with Crippen LogP contribution in [-0.2, 0) is 16.0 Å². The van der Waals surface area contributed by atoms with Gasteiger partial charge in [-0.25, -0.2) is 4.79 Å². The van der Waals surface area contributed by atoms with Crippen LogP contribution in [-0.4, -0.2) is 16.5 Å². The Kier molecular flexibility index (Phi) is 3.50. The van der Waals surface area contributed by atoms with Gasteiger partial charge in [-0.1, -0.05) is 48.3 Å². The highest BCUT2D eigenvalue weighted by Crippen LogP contribution is 2.30. The van der Waals surface area contributed by atoms with E-state index in [2.05, 4.69) is 5.32 Å². The molecule has 0 bridgehead atoms. The monoisotopic (exact) mass is 273 g/mol. The zero-order chi connectivity index (χ0) is 12.5. The van der Waals surface area contributed by atoms with Crippen LogP contribution >= 0.6 is 23.2 Å². The lowest BCUT2D eigenvalue weighted by molar-refractivity contribution is -0.148. The van der Waals surface area contributed by atoms with E-state index < -0.39 is 16.5 Å². The molecule has 1 heterocycles. The van der Waals surface area contributed by atoms with Gasteiger partial charge in [-0.2, -0.15) is 0 Å². The molecular weight excluding hydrogens is 261 g/mol. The van der Waals surface area contributed by atoms with Gasteiger partial charge in [0, 0.05) is 18.5 Å². The molecule has 5 heteroatoms. The number of rotatable bonds is 3. The first-order valence-corrected chi connectivity index (χ1v) is 6.22. The van der Waals surface area contributed by atoms with E-state index in [9.17, 15) is 4.79 Å². The first-order chi connectivity index (χ1) is 8.02. The molecule has 0 aliphatic carbocycles. The minimum Gasteiger partial charge on any atom is -0.427 e. The fraction of sp³-hybridized carbons (Fsp3) is 0.417. The second-order valence-corrected chi connectivity index (χ2v) is 5.38. The van der Waals surface area contributed by atoms with Crippen LogP contribution in [0, 0.1) is 0 Å². The largest absolute Gasteiger partial charge is 0.427 e. The Bertz CT molecular complexity index is 409. The molecule has 0 unspecified atom stereocenters. The number of halogens is 2. The normalized spacial score (nSPS) is 18.4. The molecule has 0 amide bonds. The molecule has 1 aliphatic rings. The molecule has 1 aliphatic heterocycles. The minimum absolute atomic E-state index is 0.349.